The summed E-state index contributed by atoms with van der Waals surface area (Å²) in [5.41, 5.74) is 4.71. The summed E-state index contributed by atoms with van der Waals surface area (Å²) in [6.07, 6.45) is 1.11. The largest absolute Gasteiger partial charge is 0.357 e. The minimum absolute atomic E-state index is 0. The number of carbonyl (C=O) groups is 1. The maximum Gasteiger partial charge on any atom is 0.253 e. The van der Waals surface area contributed by atoms with E-state index in [-0.39, 0.29) is 29.9 Å². The average Bonchev–Trinajstić information content (AvgIpc) is 2.82. The second kappa shape index (κ2) is 13.7. The molecule has 186 valence electrons. The molecular formula is C27H40IN5O. The Balaban J connectivity index is 0.00000408. The van der Waals surface area contributed by atoms with Crippen LogP contribution in [0.1, 0.15) is 47.8 Å². The molecule has 0 bridgehead atoms. The molecule has 1 unspecified atom stereocenters. The molecule has 1 aliphatic heterocycles. The van der Waals surface area contributed by atoms with Crippen LogP contribution in [0.15, 0.2) is 53.5 Å². The zero-order chi connectivity index (χ0) is 23.8. The second-order valence-corrected chi connectivity index (χ2v) is 9.27. The van der Waals surface area contributed by atoms with E-state index in [0.717, 1.165) is 44.1 Å². The SMILES string of the molecule is CCNC(=NCc1ccc(C(=O)N(C)C)cc1)NCC(C(C)C)N1CCc2ccccc2C1.I. The van der Waals surface area contributed by atoms with Crippen LogP contribution in [0.4, 0.5) is 0 Å². The fourth-order valence-corrected chi connectivity index (χ4v) is 4.31. The van der Waals surface area contributed by atoms with E-state index in [4.69, 9.17) is 4.99 Å². The lowest BCUT2D eigenvalue weighted by molar-refractivity contribution is 0.0827. The summed E-state index contributed by atoms with van der Waals surface area (Å²) >= 11 is 0. The smallest absolute Gasteiger partial charge is 0.253 e. The van der Waals surface area contributed by atoms with Crippen molar-refractivity contribution in [2.45, 2.75) is 46.3 Å². The van der Waals surface area contributed by atoms with Crippen molar-refractivity contribution >= 4 is 35.8 Å². The number of hydrogen-bond donors (Lipinski definition) is 2. The number of halogens is 1. The number of nitrogens with one attached hydrogen (secondary N) is 2. The Morgan fingerprint density at radius 3 is 2.35 bits per heavy atom. The molecule has 0 spiro atoms. The molecule has 3 rings (SSSR count). The fraction of sp³-hybridized carbons (Fsp3) is 0.481. The van der Waals surface area contributed by atoms with Crippen molar-refractivity contribution in [1.82, 2.24) is 20.4 Å². The number of carbonyl (C=O) groups excluding carboxylic acids is 1. The van der Waals surface area contributed by atoms with Crippen LogP contribution in [-0.4, -0.2) is 61.4 Å². The van der Waals surface area contributed by atoms with Crippen molar-refractivity contribution in [3.8, 4) is 0 Å². The second-order valence-electron chi connectivity index (χ2n) is 9.27. The van der Waals surface area contributed by atoms with Gasteiger partial charge >= 0.3 is 0 Å². The van der Waals surface area contributed by atoms with Gasteiger partial charge in [-0.2, -0.15) is 0 Å². The van der Waals surface area contributed by atoms with Crippen LogP contribution in [0.25, 0.3) is 0 Å². The highest BCUT2D eigenvalue weighted by atomic mass is 127. The molecule has 0 aliphatic carbocycles. The molecule has 6 nitrogen and oxygen atoms in total. The first-order valence-electron chi connectivity index (χ1n) is 12.0. The van der Waals surface area contributed by atoms with E-state index in [0.29, 0.717) is 24.1 Å². The quantitative estimate of drug-likeness (QED) is 0.282. The predicted molar refractivity (Wildman–Crippen MR) is 152 cm³/mol. The number of hydrogen-bond acceptors (Lipinski definition) is 3. The number of aliphatic imine (C=N–C) groups is 1. The molecule has 1 heterocycles. The Morgan fingerprint density at radius 1 is 1.06 bits per heavy atom. The van der Waals surface area contributed by atoms with Crippen LogP contribution in [0.5, 0.6) is 0 Å². The number of fused-ring (bicyclic) bond motifs is 1. The molecule has 2 aromatic rings. The van der Waals surface area contributed by atoms with Gasteiger partial charge in [-0.3, -0.25) is 9.69 Å². The van der Waals surface area contributed by atoms with Crippen LogP contribution in [0.2, 0.25) is 0 Å². The average molecular weight is 578 g/mol. The molecule has 0 radical (unpaired) electrons. The Kier molecular flexibility index (Phi) is 11.3. The summed E-state index contributed by atoms with van der Waals surface area (Å²) in [7, 11) is 3.53. The van der Waals surface area contributed by atoms with Gasteiger partial charge in [0.2, 0.25) is 0 Å². The molecular weight excluding hydrogens is 537 g/mol. The van der Waals surface area contributed by atoms with Gasteiger partial charge in [0, 0.05) is 51.9 Å². The van der Waals surface area contributed by atoms with Crippen LogP contribution in [-0.2, 0) is 19.5 Å². The zero-order valence-electron chi connectivity index (χ0n) is 21.2. The lowest BCUT2D eigenvalue weighted by Crippen LogP contribution is -2.50. The zero-order valence-corrected chi connectivity index (χ0v) is 23.5. The summed E-state index contributed by atoms with van der Waals surface area (Å²) in [5.74, 6) is 1.38. The number of rotatable bonds is 8. The minimum Gasteiger partial charge on any atom is -0.357 e. The topological polar surface area (TPSA) is 60.0 Å². The minimum atomic E-state index is 0. The Labute approximate surface area is 222 Å². The first-order chi connectivity index (χ1) is 15.9. The van der Waals surface area contributed by atoms with E-state index in [1.54, 1.807) is 19.0 Å². The highest BCUT2D eigenvalue weighted by molar-refractivity contribution is 14.0. The molecule has 1 amide bonds. The Hall–Kier alpha value is -2.13. The lowest BCUT2D eigenvalue weighted by Gasteiger charge is -2.38. The number of guanidine groups is 1. The Morgan fingerprint density at radius 2 is 1.74 bits per heavy atom. The molecule has 34 heavy (non-hydrogen) atoms. The molecule has 0 saturated carbocycles. The van der Waals surface area contributed by atoms with Crippen molar-refractivity contribution in [3.63, 3.8) is 0 Å². The number of nitrogens with zero attached hydrogens (tertiary/aromatic N) is 3. The highest BCUT2D eigenvalue weighted by Gasteiger charge is 2.25. The normalized spacial score (nSPS) is 14.7. The third kappa shape index (κ3) is 7.70. The monoisotopic (exact) mass is 577 g/mol. The van der Waals surface area contributed by atoms with E-state index in [9.17, 15) is 4.79 Å². The van der Waals surface area contributed by atoms with E-state index in [1.165, 1.54) is 11.1 Å². The van der Waals surface area contributed by atoms with Crippen molar-refractivity contribution in [2.24, 2.45) is 10.9 Å². The first-order valence-corrected chi connectivity index (χ1v) is 12.0. The van der Waals surface area contributed by atoms with Crippen molar-refractivity contribution in [1.29, 1.82) is 0 Å². The number of amides is 1. The van der Waals surface area contributed by atoms with Crippen LogP contribution >= 0.6 is 24.0 Å². The molecule has 0 aromatic heterocycles. The highest BCUT2D eigenvalue weighted by Crippen LogP contribution is 2.22. The third-order valence-electron chi connectivity index (χ3n) is 6.25. The molecule has 7 heteroatoms. The molecule has 2 N–H and O–H groups in total. The maximum absolute atomic E-state index is 12.1. The summed E-state index contributed by atoms with van der Waals surface area (Å²) in [6, 6.07) is 16.9. The van der Waals surface area contributed by atoms with E-state index < -0.39 is 0 Å². The van der Waals surface area contributed by atoms with Crippen LogP contribution < -0.4 is 10.6 Å². The van der Waals surface area contributed by atoms with Gasteiger partial charge < -0.3 is 15.5 Å². The Bertz CT molecular complexity index is 942. The van der Waals surface area contributed by atoms with Gasteiger partial charge in [0.15, 0.2) is 5.96 Å². The molecule has 1 aliphatic rings. The first kappa shape index (κ1) is 28.1. The molecule has 2 aromatic carbocycles. The lowest BCUT2D eigenvalue weighted by atomic mass is 9.95. The standard InChI is InChI=1S/C27H39N5O.HI/c1-6-28-27(29-17-21-11-13-23(14-12-21)26(33)31(4)5)30-18-25(20(2)3)32-16-15-22-9-7-8-10-24(22)19-32;/h7-14,20,25H,6,15-19H2,1-5H3,(H2,28,29,30);1H. The van der Waals surface area contributed by atoms with E-state index in [1.807, 2.05) is 24.3 Å². The molecule has 0 saturated heterocycles. The summed E-state index contributed by atoms with van der Waals surface area (Å²) < 4.78 is 0. The van der Waals surface area contributed by atoms with Crippen LogP contribution in [0, 0.1) is 5.92 Å². The van der Waals surface area contributed by atoms with Gasteiger partial charge in [0.05, 0.1) is 6.54 Å². The fourth-order valence-electron chi connectivity index (χ4n) is 4.31. The van der Waals surface area contributed by atoms with E-state index in [2.05, 4.69) is 60.6 Å². The van der Waals surface area contributed by atoms with Crippen LogP contribution in [0.3, 0.4) is 0 Å². The van der Waals surface area contributed by atoms with Crippen molar-refractivity contribution in [2.75, 3.05) is 33.7 Å². The third-order valence-corrected chi connectivity index (χ3v) is 6.25. The van der Waals surface area contributed by atoms with Gasteiger partial charge in [0.1, 0.15) is 0 Å². The summed E-state index contributed by atoms with van der Waals surface area (Å²) in [5, 5.41) is 6.94. The van der Waals surface area contributed by atoms with Crippen molar-refractivity contribution in [3.05, 3.63) is 70.8 Å². The van der Waals surface area contributed by atoms with Crippen molar-refractivity contribution < 1.29 is 4.79 Å². The number of benzene rings is 2. The van der Waals surface area contributed by atoms with Gasteiger partial charge in [0.25, 0.3) is 5.91 Å². The van der Waals surface area contributed by atoms with Gasteiger partial charge in [-0.1, -0.05) is 50.2 Å². The maximum atomic E-state index is 12.1. The predicted octanol–water partition coefficient (Wildman–Crippen LogP) is 4.14. The summed E-state index contributed by atoms with van der Waals surface area (Å²) in [6.45, 7) is 11.0. The summed E-state index contributed by atoms with van der Waals surface area (Å²) in [4.78, 5) is 21.1. The van der Waals surface area contributed by atoms with Gasteiger partial charge in [-0.15, -0.1) is 24.0 Å². The molecule has 0 fully saturated rings. The van der Waals surface area contributed by atoms with Gasteiger partial charge in [-0.25, -0.2) is 4.99 Å². The molecule has 1 atom stereocenters. The van der Waals surface area contributed by atoms with Gasteiger partial charge in [-0.05, 0) is 48.1 Å². The van der Waals surface area contributed by atoms with E-state index >= 15 is 0 Å².